The fourth-order valence-corrected chi connectivity index (χ4v) is 3.23. The quantitative estimate of drug-likeness (QED) is 0.825. The maximum absolute atomic E-state index is 13.0. The molecule has 6 nitrogen and oxygen atoms in total. The van der Waals surface area contributed by atoms with Crippen LogP contribution in [0.3, 0.4) is 0 Å². The van der Waals surface area contributed by atoms with Crippen LogP contribution < -0.4 is 10.6 Å². The van der Waals surface area contributed by atoms with Gasteiger partial charge >= 0.3 is 5.92 Å². The molecule has 0 unspecified atom stereocenters. The summed E-state index contributed by atoms with van der Waals surface area (Å²) in [5.41, 5.74) is 2.13. The minimum atomic E-state index is -3.38. The summed E-state index contributed by atoms with van der Waals surface area (Å²) in [6, 6.07) is 6.89. The van der Waals surface area contributed by atoms with Crippen molar-refractivity contribution in [3.8, 4) is 11.1 Å². The number of amides is 2. The number of aromatic nitrogens is 2. The number of rotatable bonds is 5. The lowest BCUT2D eigenvalue weighted by molar-refractivity contribution is -0.144. The van der Waals surface area contributed by atoms with E-state index in [0.29, 0.717) is 38.3 Å². The SMILES string of the molecule is CC(F)(F)C(=O)NC1CCC(NC(=O)c2cc(-c3ccncc3)ccn2)CC1. The molecule has 1 aliphatic carbocycles. The van der Waals surface area contributed by atoms with Gasteiger partial charge in [0.1, 0.15) is 5.69 Å². The zero-order valence-corrected chi connectivity index (χ0v) is 15.5. The standard InChI is InChI=1S/C20H22F2N4O2/c1-20(21,22)19(28)26-16-4-2-15(3-5-16)25-18(27)17-12-14(8-11-24-17)13-6-9-23-10-7-13/h6-12,15-16H,2-5H2,1H3,(H,25,27)(H,26,28). The Morgan fingerprint density at radius 1 is 0.964 bits per heavy atom. The summed E-state index contributed by atoms with van der Waals surface area (Å²) in [6.07, 6.45) is 7.24. The highest BCUT2D eigenvalue weighted by Gasteiger charge is 2.34. The molecule has 2 amide bonds. The second-order valence-corrected chi connectivity index (χ2v) is 7.05. The highest BCUT2D eigenvalue weighted by molar-refractivity contribution is 5.93. The molecule has 8 heteroatoms. The van der Waals surface area contributed by atoms with Crippen molar-refractivity contribution in [2.75, 3.05) is 0 Å². The zero-order chi connectivity index (χ0) is 20.1. The molecule has 1 fully saturated rings. The van der Waals surface area contributed by atoms with Crippen molar-refractivity contribution in [1.82, 2.24) is 20.6 Å². The van der Waals surface area contributed by atoms with E-state index in [1.54, 1.807) is 24.7 Å². The van der Waals surface area contributed by atoms with Crippen molar-refractivity contribution < 1.29 is 18.4 Å². The minimum Gasteiger partial charge on any atom is -0.348 e. The maximum atomic E-state index is 13.0. The number of carbonyl (C=O) groups is 2. The molecule has 148 valence electrons. The Morgan fingerprint density at radius 2 is 1.54 bits per heavy atom. The molecular weight excluding hydrogens is 366 g/mol. The van der Waals surface area contributed by atoms with E-state index in [2.05, 4.69) is 20.6 Å². The Balaban J connectivity index is 1.54. The van der Waals surface area contributed by atoms with Crippen LogP contribution in [0.15, 0.2) is 42.9 Å². The second-order valence-electron chi connectivity index (χ2n) is 7.05. The fourth-order valence-electron chi connectivity index (χ4n) is 3.23. The normalized spacial score (nSPS) is 19.7. The monoisotopic (exact) mass is 388 g/mol. The predicted molar refractivity (Wildman–Crippen MR) is 99.7 cm³/mol. The lowest BCUT2D eigenvalue weighted by Crippen LogP contribution is -2.47. The van der Waals surface area contributed by atoms with Crippen LogP contribution in [0, 0.1) is 0 Å². The van der Waals surface area contributed by atoms with Crippen molar-refractivity contribution in [3.63, 3.8) is 0 Å². The van der Waals surface area contributed by atoms with Gasteiger partial charge in [-0.05, 0) is 61.1 Å². The van der Waals surface area contributed by atoms with Crippen LogP contribution in [0.4, 0.5) is 8.78 Å². The van der Waals surface area contributed by atoms with E-state index in [1.165, 1.54) is 0 Å². The number of hydrogen-bond acceptors (Lipinski definition) is 4. The van der Waals surface area contributed by atoms with Crippen LogP contribution in [0.25, 0.3) is 11.1 Å². The Labute approximate surface area is 161 Å². The second kappa shape index (κ2) is 8.41. The van der Waals surface area contributed by atoms with E-state index in [4.69, 9.17) is 0 Å². The molecule has 0 saturated heterocycles. The molecule has 2 N–H and O–H groups in total. The van der Waals surface area contributed by atoms with Gasteiger partial charge in [-0.3, -0.25) is 19.6 Å². The number of hydrogen-bond donors (Lipinski definition) is 2. The van der Waals surface area contributed by atoms with Crippen LogP contribution >= 0.6 is 0 Å². The topological polar surface area (TPSA) is 84.0 Å². The van der Waals surface area contributed by atoms with Gasteiger partial charge in [-0.25, -0.2) is 0 Å². The van der Waals surface area contributed by atoms with Gasteiger partial charge in [0.25, 0.3) is 11.8 Å². The van der Waals surface area contributed by atoms with Crippen molar-refractivity contribution in [3.05, 3.63) is 48.5 Å². The van der Waals surface area contributed by atoms with Gasteiger partial charge in [0, 0.05) is 37.6 Å². The van der Waals surface area contributed by atoms with E-state index < -0.39 is 11.8 Å². The first kappa shape index (κ1) is 19.9. The maximum Gasteiger partial charge on any atom is 0.321 e. The predicted octanol–water partition coefficient (Wildman–Crippen LogP) is 2.96. The Hall–Kier alpha value is -2.90. The molecule has 2 aromatic rings. The molecule has 1 saturated carbocycles. The van der Waals surface area contributed by atoms with E-state index in [0.717, 1.165) is 11.1 Å². The summed E-state index contributed by atoms with van der Waals surface area (Å²) in [7, 11) is 0. The van der Waals surface area contributed by atoms with E-state index in [-0.39, 0.29) is 18.0 Å². The van der Waals surface area contributed by atoms with E-state index >= 15 is 0 Å². The smallest absolute Gasteiger partial charge is 0.321 e. The molecule has 0 aromatic carbocycles. The van der Waals surface area contributed by atoms with Crippen molar-refractivity contribution in [2.45, 2.75) is 50.6 Å². The Morgan fingerprint density at radius 3 is 2.14 bits per heavy atom. The largest absolute Gasteiger partial charge is 0.348 e. The van der Waals surface area contributed by atoms with Crippen LogP contribution in [0.5, 0.6) is 0 Å². The number of carbonyl (C=O) groups excluding carboxylic acids is 2. The highest BCUT2D eigenvalue weighted by Crippen LogP contribution is 2.22. The Kier molecular flexibility index (Phi) is 5.96. The van der Waals surface area contributed by atoms with Crippen LogP contribution in [-0.2, 0) is 4.79 Å². The van der Waals surface area contributed by atoms with Gasteiger partial charge < -0.3 is 10.6 Å². The first-order valence-corrected chi connectivity index (χ1v) is 9.19. The molecule has 0 atom stereocenters. The van der Waals surface area contributed by atoms with Crippen molar-refractivity contribution in [1.29, 1.82) is 0 Å². The van der Waals surface area contributed by atoms with Crippen molar-refractivity contribution in [2.24, 2.45) is 0 Å². The summed E-state index contributed by atoms with van der Waals surface area (Å²) in [6.45, 7) is 0.585. The lowest BCUT2D eigenvalue weighted by atomic mass is 9.91. The van der Waals surface area contributed by atoms with Crippen LogP contribution in [0.2, 0.25) is 0 Å². The van der Waals surface area contributed by atoms with E-state index in [1.807, 2.05) is 18.2 Å². The third-order valence-electron chi connectivity index (χ3n) is 4.80. The summed E-state index contributed by atoms with van der Waals surface area (Å²) in [5, 5.41) is 5.31. The van der Waals surface area contributed by atoms with Gasteiger partial charge in [0.05, 0.1) is 0 Å². The van der Waals surface area contributed by atoms with Gasteiger partial charge in [0.15, 0.2) is 0 Å². The zero-order valence-electron chi connectivity index (χ0n) is 15.5. The van der Waals surface area contributed by atoms with Gasteiger partial charge in [-0.15, -0.1) is 0 Å². The lowest BCUT2D eigenvalue weighted by Gasteiger charge is -2.30. The first-order valence-electron chi connectivity index (χ1n) is 9.19. The number of alkyl halides is 2. The molecule has 1 aliphatic rings. The number of nitrogens with zero attached hydrogens (tertiary/aromatic N) is 2. The first-order chi connectivity index (χ1) is 13.3. The van der Waals surface area contributed by atoms with Crippen LogP contribution in [0.1, 0.15) is 43.1 Å². The minimum absolute atomic E-state index is 0.0748. The molecule has 0 bridgehead atoms. The van der Waals surface area contributed by atoms with E-state index in [9.17, 15) is 18.4 Å². The summed E-state index contributed by atoms with van der Waals surface area (Å²) in [5.74, 6) is -4.91. The number of nitrogens with one attached hydrogen (secondary N) is 2. The third-order valence-corrected chi connectivity index (χ3v) is 4.80. The molecule has 28 heavy (non-hydrogen) atoms. The average molecular weight is 388 g/mol. The molecule has 0 spiro atoms. The molecule has 2 heterocycles. The average Bonchev–Trinajstić information content (AvgIpc) is 2.69. The molecule has 0 radical (unpaired) electrons. The van der Waals surface area contributed by atoms with Crippen LogP contribution in [-0.4, -0.2) is 39.8 Å². The summed E-state index contributed by atoms with van der Waals surface area (Å²) < 4.78 is 26.0. The van der Waals surface area contributed by atoms with Crippen molar-refractivity contribution >= 4 is 11.8 Å². The molecule has 2 aromatic heterocycles. The molecule has 0 aliphatic heterocycles. The highest BCUT2D eigenvalue weighted by atomic mass is 19.3. The fraction of sp³-hybridized carbons (Fsp3) is 0.400. The summed E-state index contributed by atoms with van der Waals surface area (Å²) in [4.78, 5) is 32.0. The number of pyridine rings is 2. The Bertz CT molecular complexity index is 832. The van der Waals surface area contributed by atoms with Gasteiger partial charge in [0.2, 0.25) is 0 Å². The molecular formula is C20H22F2N4O2. The third kappa shape index (κ3) is 5.09. The van der Waals surface area contributed by atoms with Gasteiger partial charge in [-0.2, -0.15) is 8.78 Å². The molecule has 3 rings (SSSR count). The summed E-state index contributed by atoms with van der Waals surface area (Å²) >= 11 is 0. The number of halogens is 2. The van der Waals surface area contributed by atoms with Gasteiger partial charge in [-0.1, -0.05) is 0 Å².